The van der Waals surface area contributed by atoms with Crippen molar-refractivity contribution in [2.75, 3.05) is 19.8 Å². The van der Waals surface area contributed by atoms with E-state index in [0.717, 1.165) is 12.8 Å². The van der Waals surface area contributed by atoms with E-state index >= 15 is 0 Å². The first-order valence-electron chi connectivity index (χ1n) is 8.92. The molecule has 0 bridgehead atoms. The highest BCUT2D eigenvalue weighted by molar-refractivity contribution is 5.96. The minimum absolute atomic E-state index is 0.0254. The van der Waals surface area contributed by atoms with Crippen LogP contribution in [0.3, 0.4) is 0 Å². The Labute approximate surface area is 144 Å². The highest BCUT2D eigenvalue weighted by Gasteiger charge is 2.35. The van der Waals surface area contributed by atoms with Crippen LogP contribution >= 0.6 is 0 Å². The molecule has 1 aromatic rings. The summed E-state index contributed by atoms with van der Waals surface area (Å²) in [7, 11) is 0. The maximum atomic E-state index is 13.0. The fraction of sp³-hybridized carbons (Fsp3) is 0.632. The van der Waals surface area contributed by atoms with Gasteiger partial charge in [-0.25, -0.2) is 0 Å². The molecule has 0 N–H and O–H groups in total. The topological polar surface area (TPSA) is 48.0 Å². The monoisotopic (exact) mass is 335 g/mol. The molecule has 5 heteroatoms. The Morgan fingerprint density at radius 2 is 1.54 bits per heavy atom. The fourth-order valence-electron chi connectivity index (χ4n) is 2.84. The lowest BCUT2D eigenvalue weighted by molar-refractivity contribution is 0.0689. The van der Waals surface area contributed by atoms with Crippen molar-refractivity contribution >= 4 is 5.91 Å². The van der Waals surface area contributed by atoms with E-state index in [1.165, 1.54) is 0 Å². The Morgan fingerprint density at radius 3 is 1.92 bits per heavy atom. The first kappa shape index (κ1) is 18.4. The molecule has 1 aliphatic rings. The van der Waals surface area contributed by atoms with Crippen molar-refractivity contribution in [3.05, 3.63) is 17.7 Å². The van der Waals surface area contributed by atoms with E-state index in [1.54, 1.807) is 12.1 Å². The van der Waals surface area contributed by atoms with Crippen LogP contribution in [0.25, 0.3) is 0 Å². The second-order valence-electron chi connectivity index (χ2n) is 6.14. The van der Waals surface area contributed by atoms with Crippen molar-refractivity contribution < 1.29 is 19.0 Å². The van der Waals surface area contributed by atoms with Crippen LogP contribution in [-0.4, -0.2) is 42.7 Å². The van der Waals surface area contributed by atoms with Gasteiger partial charge in [-0.05, 0) is 59.6 Å². The summed E-state index contributed by atoms with van der Waals surface area (Å²) in [5.74, 6) is 1.72. The highest BCUT2D eigenvalue weighted by atomic mass is 16.5. The molecule has 0 heterocycles. The van der Waals surface area contributed by atoms with Gasteiger partial charge >= 0.3 is 0 Å². The van der Waals surface area contributed by atoms with Gasteiger partial charge in [-0.3, -0.25) is 4.79 Å². The van der Waals surface area contributed by atoms with Crippen molar-refractivity contribution in [1.29, 1.82) is 0 Å². The number of amides is 1. The largest absolute Gasteiger partial charge is 0.490 e. The summed E-state index contributed by atoms with van der Waals surface area (Å²) in [4.78, 5) is 15.0. The lowest BCUT2D eigenvalue weighted by atomic mass is 10.1. The van der Waals surface area contributed by atoms with Crippen molar-refractivity contribution in [1.82, 2.24) is 4.90 Å². The van der Waals surface area contributed by atoms with Crippen LogP contribution in [0.5, 0.6) is 17.2 Å². The summed E-state index contributed by atoms with van der Waals surface area (Å²) in [6, 6.07) is 4.08. The summed E-state index contributed by atoms with van der Waals surface area (Å²) in [5.41, 5.74) is 0.589. The van der Waals surface area contributed by atoms with Gasteiger partial charge in [0.2, 0.25) is 5.75 Å². The van der Waals surface area contributed by atoms with Crippen LogP contribution in [0.15, 0.2) is 12.1 Å². The third-order valence-electron chi connectivity index (χ3n) is 3.89. The summed E-state index contributed by atoms with van der Waals surface area (Å²) in [6.45, 7) is 11.4. The van der Waals surface area contributed by atoms with Crippen LogP contribution in [0.2, 0.25) is 0 Å². The summed E-state index contributed by atoms with van der Waals surface area (Å²) in [6.07, 6.45) is 2.16. The zero-order valence-electron chi connectivity index (χ0n) is 15.4. The maximum Gasteiger partial charge on any atom is 0.254 e. The Morgan fingerprint density at radius 1 is 1.04 bits per heavy atom. The summed E-state index contributed by atoms with van der Waals surface area (Å²) >= 11 is 0. The molecule has 1 amide bonds. The molecule has 5 nitrogen and oxygen atoms in total. The molecule has 0 aliphatic heterocycles. The Bertz CT molecular complexity index is 537. The SMILES string of the molecule is CCOc1cc(C(=O)N(C(C)C)C2CC2)cc(OCC)c1OCC. The predicted molar refractivity (Wildman–Crippen MR) is 94.3 cm³/mol. The standard InChI is InChI=1S/C19H29NO4/c1-6-22-16-11-14(12-17(23-7-2)18(16)24-8-3)19(21)20(13(4)5)15-9-10-15/h11-13,15H,6-10H2,1-5H3. The molecule has 0 saturated heterocycles. The van der Waals surface area contributed by atoms with Gasteiger partial charge in [-0.2, -0.15) is 0 Å². The number of benzene rings is 1. The van der Waals surface area contributed by atoms with Gasteiger partial charge in [0, 0.05) is 17.6 Å². The number of nitrogens with zero attached hydrogens (tertiary/aromatic N) is 1. The fourth-order valence-corrected chi connectivity index (χ4v) is 2.84. The number of hydrogen-bond acceptors (Lipinski definition) is 4. The number of carbonyl (C=O) groups excluding carboxylic acids is 1. The van der Waals surface area contributed by atoms with E-state index in [4.69, 9.17) is 14.2 Å². The first-order valence-corrected chi connectivity index (χ1v) is 8.92. The van der Waals surface area contributed by atoms with Gasteiger partial charge in [-0.15, -0.1) is 0 Å². The van der Waals surface area contributed by atoms with Crippen molar-refractivity contribution in [3.8, 4) is 17.2 Å². The molecule has 1 saturated carbocycles. The van der Waals surface area contributed by atoms with Crippen molar-refractivity contribution in [2.45, 2.75) is 59.5 Å². The summed E-state index contributed by atoms with van der Waals surface area (Å²) in [5, 5.41) is 0. The van der Waals surface area contributed by atoms with Crippen LogP contribution in [-0.2, 0) is 0 Å². The average Bonchev–Trinajstić information content (AvgIpc) is 3.35. The number of ether oxygens (including phenoxy) is 3. The highest BCUT2D eigenvalue weighted by Crippen LogP contribution is 2.40. The molecule has 0 radical (unpaired) electrons. The van der Waals surface area contributed by atoms with Crippen molar-refractivity contribution in [2.24, 2.45) is 0 Å². The maximum absolute atomic E-state index is 13.0. The Balaban J connectivity index is 2.43. The molecule has 2 rings (SSSR count). The average molecular weight is 335 g/mol. The smallest absolute Gasteiger partial charge is 0.254 e. The third-order valence-corrected chi connectivity index (χ3v) is 3.89. The third kappa shape index (κ3) is 4.13. The molecule has 1 aliphatic carbocycles. The predicted octanol–water partition coefficient (Wildman–Crippen LogP) is 3.90. The van der Waals surface area contributed by atoms with E-state index in [0.29, 0.717) is 48.7 Å². The lowest BCUT2D eigenvalue weighted by Gasteiger charge is -2.27. The van der Waals surface area contributed by atoms with Gasteiger partial charge in [0.25, 0.3) is 5.91 Å². The Hall–Kier alpha value is -1.91. The molecule has 1 aromatic carbocycles. The molecule has 0 unspecified atom stereocenters. The van der Waals surface area contributed by atoms with E-state index in [1.807, 2.05) is 25.7 Å². The number of hydrogen-bond donors (Lipinski definition) is 0. The minimum atomic E-state index is 0.0254. The molecule has 1 fully saturated rings. The van der Waals surface area contributed by atoms with Gasteiger partial charge < -0.3 is 19.1 Å². The Kier molecular flexibility index (Phi) is 6.35. The summed E-state index contributed by atoms with van der Waals surface area (Å²) < 4.78 is 17.1. The normalized spacial score (nSPS) is 13.8. The quantitative estimate of drug-likeness (QED) is 0.687. The molecule has 134 valence electrons. The van der Waals surface area contributed by atoms with Gasteiger partial charge in [0.1, 0.15) is 0 Å². The lowest BCUT2D eigenvalue weighted by Crippen LogP contribution is -2.38. The second kappa shape index (κ2) is 8.27. The zero-order chi connectivity index (χ0) is 17.7. The van der Waals surface area contributed by atoms with Crippen LogP contribution in [0.4, 0.5) is 0 Å². The molecular formula is C19H29NO4. The second-order valence-corrected chi connectivity index (χ2v) is 6.14. The molecule has 0 spiro atoms. The zero-order valence-corrected chi connectivity index (χ0v) is 15.4. The van der Waals surface area contributed by atoms with E-state index in [9.17, 15) is 4.79 Å². The first-order chi connectivity index (χ1) is 11.5. The number of carbonyl (C=O) groups is 1. The van der Waals surface area contributed by atoms with Crippen LogP contribution < -0.4 is 14.2 Å². The molecule has 0 aromatic heterocycles. The molecule has 0 atom stereocenters. The van der Waals surface area contributed by atoms with E-state index in [2.05, 4.69) is 13.8 Å². The van der Waals surface area contributed by atoms with Crippen LogP contribution in [0.1, 0.15) is 57.8 Å². The van der Waals surface area contributed by atoms with E-state index < -0.39 is 0 Å². The van der Waals surface area contributed by atoms with Gasteiger partial charge in [0.05, 0.1) is 19.8 Å². The number of rotatable bonds is 9. The van der Waals surface area contributed by atoms with E-state index in [-0.39, 0.29) is 11.9 Å². The molecular weight excluding hydrogens is 306 g/mol. The van der Waals surface area contributed by atoms with Gasteiger partial charge in [0.15, 0.2) is 11.5 Å². The van der Waals surface area contributed by atoms with Crippen LogP contribution in [0, 0.1) is 0 Å². The van der Waals surface area contributed by atoms with Gasteiger partial charge in [-0.1, -0.05) is 0 Å². The van der Waals surface area contributed by atoms with Crippen molar-refractivity contribution in [3.63, 3.8) is 0 Å². The molecule has 24 heavy (non-hydrogen) atoms. The minimum Gasteiger partial charge on any atom is -0.490 e.